The van der Waals surface area contributed by atoms with Gasteiger partial charge in [-0.05, 0) is 31.5 Å². The van der Waals surface area contributed by atoms with Gasteiger partial charge in [0, 0.05) is 18.7 Å². The Bertz CT molecular complexity index is 600. The Balaban J connectivity index is 2.00. The van der Waals surface area contributed by atoms with Crippen molar-refractivity contribution in [3.05, 3.63) is 47.8 Å². The van der Waals surface area contributed by atoms with Gasteiger partial charge in [-0.1, -0.05) is 18.2 Å². The minimum Gasteiger partial charge on any atom is -0.365 e. The van der Waals surface area contributed by atoms with Crippen molar-refractivity contribution in [2.45, 2.75) is 18.8 Å². The Morgan fingerprint density at radius 3 is 2.80 bits per heavy atom. The standard InChI is InChI=1S/C15H18N4O/c16-15(20)13-10-19(12-6-2-1-3-7-12)18-14(13)11-5-4-8-17-9-11/h1-3,6-7,10-11,17H,4-5,8-9H2,(H2,16,20)/t11-/m1/s1. The number of nitrogens with one attached hydrogen (secondary N) is 1. The van der Waals surface area contributed by atoms with E-state index in [0.717, 1.165) is 37.3 Å². The van der Waals surface area contributed by atoms with Crippen molar-refractivity contribution in [3.8, 4) is 5.69 Å². The normalized spacial score (nSPS) is 18.9. The first-order chi connectivity index (χ1) is 9.75. The Hall–Kier alpha value is -2.14. The van der Waals surface area contributed by atoms with Crippen molar-refractivity contribution in [3.63, 3.8) is 0 Å². The number of carbonyl (C=O) groups excluding carboxylic acids is 1. The van der Waals surface area contributed by atoms with Gasteiger partial charge in [-0.2, -0.15) is 5.10 Å². The molecule has 104 valence electrons. The third-order valence-corrected chi connectivity index (χ3v) is 3.71. The van der Waals surface area contributed by atoms with Crippen LogP contribution in [-0.2, 0) is 0 Å². The summed E-state index contributed by atoms with van der Waals surface area (Å²) in [6.07, 6.45) is 3.88. The molecule has 20 heavy (non-hydrogen) atoms. The van der Waals surface area contributed by atoms with Gasteiger partial charge in [-0.3, -0.25) is 4.79 Å². The fourth-order valence-electron chi connectivity index (χ4n) is 2.68. The topological polar surface area (TPSA) is 72.9 Å². The van der Waals surface area contributed by atoms with Gasteiger partial charge in [-0.25, -0.2) is 4.68 Å². The SMILES string of the molecule is NC(=O)c1cn(-c2ccccc2)nc1[C@@H]1CCCNC1. The highest BCUT2D eigenvalue weighted by atomic mass is 16.1. The van der Waals surface area contributed by atoms with Crippen LogP contribution in [-0.4, -0.2) is 28.8 Å². The maximum atomic E-state index is 11.7. The summed E-state index contributed by atoms with van der Waals surface area (Å²) in [5.74, 6) is -0.149. The van der Waals surface area contributed by atoms with E-state index in [9.17, 15) is 4.79 Å². The van der Waals surface area contributed by atoms with E-state index < -0.39 is 5.91 Å². The van der Waals surface area contributed by atoms with E-state index in [1.54, 1.807) is 10.9 Å². The molecule has 1 aliphatic rings. The number of piperidine rings is 1. The number of nitrogens with zero attached hydrogens (tertiary/aromatic N) is 2. The van der Waals surface area contributed by atoms with Crippen LogP contribution in [0.2, 0.25) is 0 Å². The third kappa shape index (κ3) is 2.44. The summed E-state index contributed by atoms with van der Waals surface area (Å²) in [7, 11) is 0. The van der Waals surface area contributed by atoms with Crippen molar-refractivity contribution < 1.29 is 4.79 Å². The molecule has 1 aromatic heterocycles. The molecule has 2 aromatic rings. The lowest BCUT2D eigenvalue weighted by atomic mass is 9.94. The van der Waals surface area contributed by atoms with Gasteiger partial charge in [0.25, 0.3) is 5.91 Å². The Kier molecular flexibility index (Phi) is 3.52. The Morgan fingerprint density at radius 1 is 1.35 bits per heavy atom. The van der Waals surface area contributed by atoms with Gasteiger partial charge in [0.15, 0.2) is 0 Å². The number of amides is 1. The molecule has 0 saturated carbocycles. The second-order valence-corrected chi connectivity index (χ2v) is 5.12. The predicted molar refractivity (Wildman–Crippen MR) is 76.9 cm³/mol. The van der Waals surface area contributed by atoms with Gasteiger partial charge in [0.05, 0.1) is 16.9 Å². The van der Waals surface area contributed by atoms with Gasteiger partial charge in [-0.15, -0.1) is 0 Å². The maximum absolute atomic E-state index is 11.7. The molecule has 0 aliphatic carbocycles. The molecule has 0 spiro atoms. The molecule has 5 nitrogen and oxygen atoms in total. The fraction of sp³-hybridized carbons (Fsp3) is 0.333. The number of hydrogen-bond acceptors (Lipinski definition) is 3. The van der Waals surface area contributed by atoms with Crippen LogP contribution in [0.5, 0.6) is 0 Å². The van der Waals surface area contributed by atoms with E-state index in [1.165, 1.54) is 0 Å². The number of nitrogens with two attached hydrogens (primary N) is 1. The molecule has 1 amide bonds. The van der Waals surface area contributed by atoms with Crippen LogP contribution in [0.4, 0.5) is 0 Å². The summed E-state index contributed by atoms with van der Waals surface area (Å²) in [5, 5.41) is 7.95. The van der Waals surface area contributed by atoms with Crippen LogP contribution in [0.25, 0.3) is 5.69 Å². The molecule has 1 saturated heterocycles. The zero-order valence-corrected chi connectivity index (χ0v) is 11.2. The minimum atomic E-state index is -0.409. The first-order valence-electron chi connectivity index (χ1n) is 6.91. The van der Waals surface area contributed by atoms with Crippen LogP contribution in [0.3, 0.4) is 0 Å². The number of carbonyl (C=O) groups is 1. The van der Waals surface area contributed by atoms with Gasteiger partial charge < -0.3 is 11.1 Å². The van der Waals surface area contributed by atoms with Gasteiger partial charge in [0.2, 0.25) is 0 Å². The molecule has 0 radical (unpaired) electrons. The van der Waals surface area contributed by atoms with Crippen molar-refractivity contribution in [2.24, 2.45) is 5.73 Å². The highest BCUT2D eigenvalue weighted by Gasteiger charge is 2.24. The van der Waals surface area contributed by atoms with E-state index in [1.807, 2.05) is 30.3 Å². The zero-order valence-electron chi connectivity index (χ0n) is 11.2. The predicted octanol–water partition coefficient (Wildman–Crippen LogP) is 1.44. The van der Waals surface area contributed by atoms with E-state index in [2.05, 4.69) is 10.4 Å². The molecule has 1 aromatic carbocycles. The smallest absolute Gasteiger partial charge is 0.252 e. The second-order valence-electron chi connectivity index (χ2n) is 5.12. The van der Waals surface area contributed by atoms with Crippen LogP contribution in [0.1, 0.15) is 34.8 Å². The summed E-state index contributed by atoms with van der Waals surface area (Å²) in [6, 6.07) is 9.76. The van der Waals surface area contributed by atoms with Crippen molar-refractivity contribution in [1.29, 1.82) is 0 Å². The average molecular weight is 270 g/mol. The Morgan fingerprint density at radius 2 is 2.15 bits per heavy atom. The molecule has 1 aliphatic heterocycles. The fourth-order valence-corrected chi connectivity index (χ4v) is 2.68. The zero-order chi connectivity index (χ0) is 13.9. The summed E-state index contributed by atoms with van der Waals surface area (Å²) >= 11 is 0. The summed E-state index contributed by atoms with van der Waals surface area (Å²) in [4.78, 5) is 11.7. The van der Waals surface area contributed by atoms with Crippen molar-refractivity contribution >= 4 is 5.91 Å². The molecule has 1 fully saturated rings. The number of hydrogen-bond donors (Lipinski definition) is 2. The largest absolute Gasteiger partial charge is 0.365 e. The highest BCUT2D eigenvalue weighted by Crippen LogP contribution is 2.25. The molecule has 3 N–H and O–H groups in total. The van der Waals surface area contributed by atoms with Crippen LogP contribution >= 0.6 is 0 Å². The monoisotopic (exact) mass is 270 g/mol. The first-order valence-corrected chi connectivity index (χ1v) is 6.91. The molecule has 0 bridgehead atoms. The lowest BCUT2D eigenvalue weighted by Crippen LogP contribution is -2.29. The molecular weight excluding hydrogens is 252 g/mol. The minimum absolute atomic E-state index is 0.260. The number of aromatic nitrogens is 2. The number of para-hydroxylation sites is 1. The van der Waals surface area contributed by atoms with Crippen LogP contribution in [0, 0.1) is 0 Å². The van der Waals surface area contributed by atoms with Crippen molar-refractivity contribution in [1.82, 2.24) is 15.1 Å². The summed E-state index contributed by atoms with van der Waals surface area (Å²) < 4.78 is 1.74. The number of primary amides is 1. The van der Waals surface area contributed by atoms with E-state index in [-0.39, 0.29) is 5.92 Å². The van der Waals surface area contributed by atoms with E-state index >= 15 is 0 Å². The molecular formula is C15H18N4O. The summed E-state index contributed by atoms with van der Waals surface area (Å²) in [5.41, 5.74) is 7.78. The summed E-state index contributed by atoms with van der Waals surface area (Å²) in [6.45, 7) is 1.88. The highest BCUT2D eigenvalue weighted by molar-refractivity contribution is 5.94. The lowest BCUT2D eigenvalue weighted by molar-refractivity contribution is 0.0998. The average Bonchev–Trinajstić information content (AvgIpc) is 2.94. The molecule has 1 atom stereocenters. The number of benzene rings is 1. The van der Waals surface area contributed by atoms with Crippen LogP contribution in [0.15, 0.2) is 36.5 Å². The first kappa shape index (κ1) is 12.9. The number of rotatable bonds is 3. The lowest BCUT2D eigenvalue weighted by Gasteiger charge is -2.21. The molecule has 2 heterocycles. The Labute approximate surface area is 117 Å². The van der Waals surface area contributed by atoms with Gasteiger partial charge >= 0.3 is 0 Å². The van der Waals surface area contributed by atoms with Crippen molar-refractivity contribution in [2.75, 3.05) is 13.1 Å². The van der Waals surface area contributed by atoms with E-state index in [0.29, 0.717) is 5.56 Å². The molecule has 3 rings (SSSR count). The van der Waals surface area contributed by atoms with Crippen LogP contribution < -0.4 is 11.1 Å². The van der Waals surface area contributed by atoms with Gasteiger partial charge in [0.1, 0.15) is 0 Å². The quantitative estimate of drug-likeness (QED) is 0.886. The maximum Gasteiger partial charge on any atom is 0.252 e. The third-order valence-electron chi connectivity index (χ3n) is 3.71. The molecule has 0 unspecified atom stereocenters. The molecule has 5 heteroatoms. The van der Waals surface area contributed by atoms with E-state index in [4.69, 9.17) is 5.73 Å². The second kappa shape index (κ2) is 5.46.